The lowest BCUT2D eigenvalue weighted by Crippen LogP contribution is -2.68. The molecular weight excluding hydrogens is 981 g/mol. The molecule has 5 aliphatic heterocycles. The first-order chi connectivity index (χ1) is 34.5. The van der Waals surface area contributed by atoms with Crippen LogP contribution in [0.4, 0.5) is 4.79 Å². The highest BCUT2D eigenvalue weighted by Gasteiger charge is 2.54. The van der Waals surface area contributed by atoms with Crippen LogP contribution in [0.25, 0.3) is 0 Å². The third-order valence-corrected chi connectivity index (χ3v) is 14.2. The van der Waals surface area contributed by atoms with Crippen LogP contribution in [0.2, 0.25) is 0 Å². The molecule has 5 fully saturated rings. The summed E-state index contributed by atoms with van der Waals surface area (Å²) < 4.78 is 39.6. The molecule has 0 aromatic heterocycles. The van der Waals surface area contributed by atoms with E-state index in [1.54, 1.807) is 0 Å². The Kier molecular flexibility index (Phi) is 21.8. The largest absolute Gasteiger partial charge is 0.484 e. The Morgan fingerprint density at radius 3 is 2.03 bits per heavy atom. The average Bonchev–Trinajstić information content (AvgIpc) is 3.93. The first-order valence-corrected chi connectivity index (χ1v) is 24.9. The number of carbonyl (C=O) groups is 5. The molecule has 0 saturated carbocycles. The van der Waals surface area contributed by atoms with E-state index in [4.69, 9.17) is 33.2 Å². The summed E-state index contributed by atoms with van der Waals surface area (Å²) in [5, 5.41) is 111. The third-order valence-electron chi connectivity index (χ3n) is 12.7. The van der Waals surface area contributed by atoms with Crippen LogP contribution in [0.5, 0.6) is 5.75 Å². The molecule has 72 heavy (non-hydrogen) atoms. The number of aliphatic hydroxyl groups is 9. The van der Waals surface area contributed by atoms with Gasteiger partial charge in [-0.05, 0) is 43.5 Å². The van der Waals surface area contributed by atoms with Crippen molar-refractivity contribution in [3.63, 3.8) is 0 Å². The van der Waals surface area contributed by atoms with Crippen LogP contribution in [0.15, 0.2) is 24.3 Å². The Labute approximate surface area is 417 Å². The summed E-state index contributed by atoms with van der Waals surface area (Å²) in [4.78, 5) is 61.3. The zero-order chi connectivity index (χ0) is 52.1. The highest BCUT2D eigenvalue weighted by Crippen LogP contribution is 2.34. The van der Waals surface area contributed by atoms with Crippen LogP contribution in [0.1, 0.15) is 49.4 Å². The molecule has 0 radical (unpaired) electrons. The van der Waals surface area contributed by atoms with Gasteiger partial charge in [-0.25, -0.2) is 4.79 Å². The number of hydrogen-bond donors (Lipinski definition) is 15. The van der Waals surface area contributed by atoms with Crippen molar-refractivity contribution >= 4 is 41.4 Å². The zero-order valence-corrected chi connectivity index (χ0v) is 40.2. The van der Waals surface area contributed by atoms with E-state index in [2.05, 4.69) is 31.9 Å². The van der Waals surface area contributed by atoms with Gasteiger partial charge in [0.2, 0.25) is 11.8 Å². The Bertz CT molecular complexity index is 1930. The summed E-state index contributed by atoms with van der Waals surface area (Å²) in [5.41, 5.74) is 0.340. The van der Waals surface area contributed by atoms with Crippen molar-refractivity contribution in [1.29, 1.82) is 0 Å². The summed E-state index contributed by atoms with van der Waals surface area (Å²) in [7, 11) is 0. The minimum absolute atomic E-state index is 0.0891. The molecular formula is C44H68N6O21S. The number of fused-ring (bicyclic) bond motifs is 1. The first kappa shape index (κ1) is 57.2. The summed E-state index contributed by atoms with van der Waals surface area (Å²) in [5.74, 6) is -0.362. The molecule has 27 nitrogen and oxygen atoms in total. The van der Waals surface area contributed by atoms with Crippen molar-refractivity contribution in [2.24, 2.45) is 0 Å². The van der Waals surface area contributed by atoms with Crippen molar-refractivity contribution in [3.8, 4) is 5.75 Å². The van der Waals surface area contributed by atoms with Gasteiger partial charge in [0.05, 0.1) is 38.5 Å². The second kappa shape index (κ2) is 27.5. The van der Waals surface area contributed by atoms with Crippen molar-refractivity contribution < 1.29 is 103 Å². The maximum atomic E-state index is 12.6. The standard InChI is InChI=1S/C44H68N6O21S/c1-20(54)48-31-34(59)38(70-43-37(62)39(33(58)25(16-52)68-43)71-42-36(61)35(60)32(57)24(15-51)67-42)26(17-53)69-41(31)65-14-4-11-45-29(56)18-66-22-9-7-21(8-10-22)40(63)47-13-12-46-28(55)6-3-2-5-27-30-23(19-72-27)49-44(64)50-30/h7-10,23-27,30-39,41-43,51-53,57-62H,2-6,11-19H2,1H3,(H,45,56)(H,46,55)(H,47,63)(H,48,54)(H2,49,50,64)/t23-,24?,25?,26?,27-,30-,31?,32-,33-,34+,35?,36-,37?,38+,39-,41+,42+,43-/m0/s1. The Morgan fingerprint density at radius 2 is 1.33 bits per heavy atom. The topological polar surface area (TPSA) is 404 Å². The number of ether oxygens (including phenoxy) is 7. The molecule has 6 unspecified atom stereocenters. The van der Waals surface area contributed by atoms with Crippen LogP contribution in [-0.4, -0.2) is 243 Å². The van der Waals surface area contributed by atoms with Gasteiger partial charge in [0.25, 0.3) is 11.8 Å². The summed E-state index contributed by atoms with van der Waals surface area (Å²) in [6.07, 6.45) is -20.7. The maximum Gasteiger partial charge on any atom is 0.315 e. The number of aliphatic hydroxyl groups excluding tert-OH is 9. The lowest BCUT2D eigenvalue weighted by molar-refractivity contribution is -0.376. The molecule has 5 heterocycles. The third kappa shape index (κ3) is 15.0. The lowest BCUT2D eigenvalue weighted by atomic mass is 9.95. The van der Waals surface area contributed by atoms with Crippen molar-refractivity contribution in [2.45, 2.75) is 148 Å². The van der Waals surface area contributed by atoms with Gasteiger partial charge < -0.3 is 111 Å². The summed E-state index contributed by atoms with van der Waals surface area (Å²) in [6.45, 7) is -1.18. The number of hydrogen-bond acceptors (Lipinski definition) is 22. The molecule has 406 valence electrons. The van der Waals surface area contributed by atoms with Gasteiger partial charge in [-0.1, -0.05) is 6.42 Å². The number of unbranched alkanes of at least 4 members (excludes halogenated alkanes) is 1. The van der Waals surface area contributed by atoms with E-state index in [1.165, 1.54) is 24.3 Å². The fraction of sp³-hybridized carbons (Fsp3) is 0.750. The minimum Gasteiger partial charge on any atom is -0.484 e. The van der Waals surface area contributed by atoms with E-state index < -0.39 is 124 Å². The molecule has 1 aromatic rings. The van der Waals surface area contributed by atoms with Gasteiger partial charge in [-0.3, -0.25) is 19.2 Å². The molecule has 0 bridgehead atoms. The Morgan fingerprint density at radius 1 is 0.694 bits per heavy atom. The van der Waals surface area contributed by atoms with Gasteiger partial charge >= 0.3 is 6.03 Å². The van der Waals surface area contributed by atoms with E-state index in [-0.39, 0.29) is 69.2 Å². The lowest BCUT2D eigenvalue weighted by Gasteiger charge is -2.48. The molecule has 6 rings (SSSR count). The van der Waals surface area contributed by atoms with E-state index in [0.29, 0.717) is 23.0 Å². The van der Waals surface area contributed by atoms with Crippen molar-refractivity contribution in [3.05, 3.63) is 29.8 Å². The number of nitrogens with one attached hydrogen (secondary N) is 6. The van der Waals surface area contributed by atoms with Crippen LogP contribution in [-0.2, 0) is 42.8 Å². The fourth-order valence-electron chi connectivity index (χ4n) is 8.83. The highest BCUT2D eigenvalue weighted by molar-refractivity contribution is 8.00. The van der Waals surface area contributed by atoms with Gasteiger partial charge in [0, 0.05) is 49.5 Å². The number of rotatable bonds is 25. The predicted molar refractivity (Wildman–Crippen MR) is 245 cm³/mol. The molecule has 0 aliphatic carbocycles. The maximum absolute atomic E-state index is 12.6. The van der Waals surface area contributed by atoms with Gasteiger partial charge in [-0.15, -0.1) is 0 Å². The van der Waals surface area contributed by atoms with Crippen LogP contribution in [0.3, 0.4) is 0 Å². The monoisotopic (exact) mass is 1050 g/mol. The number of thioether (sulfide) groups is 1. The predicted octanol–water partition coefficient (Wildman–Crippen LogP) is -6.25. The molecule has 15 N–H and O–H groups in total. The molecule has 0 spiro atoms. The first-order valence-electron chi connectivity index (χ1n) is 23.8. The minimum atomic E-state index is -1.98. The highest BCUT2D eigenvalue weighted by atomic mass is 32.2. The van der Waals surface area contributed by atoms with Crippen molar-refractivity contribution in [2.75, 3.05) is 58.4 Å². The van der Waals surface area contributed by atoms with Crippen LogP contribution >= 0.6 is 11.8 Å². The second-order valence-electron chi connectivity index (χ2n) is 17.9. The number of benzene rings is 1. The molecule has 5 aliphatic rings. The molecule has 6 amide bonds. The molecule has 5 saturated heterocycles. The number of urea groups is 1. The van der Waals surface area contributed by atoms with E-state index >= 15 is 0 Å². The van der Waals surface area contributed by atoms with E-state index in [0.717, 1.165) is 31.9 Å². The van der Waals surface area contributed by atoms with Gasteiger partial charge in [0.1, 0.15) is 78.9 Å². The normalized spacial score (nSPS) is 35.3. The average molecular weight is 1050 g/mol. The molecule has 1 aromatic carbocycles. The molecule has 28 heteroatoms. The van der Waals surface area contributed by atoms with Crippen molar-refractivity contribution in [1.82, 2.24) is 31.9 Å². The SMILES string of the molecule is CC(=O)NC1[C@H](OCCCNC(=O)COc2ccc(C(=O)NCCNC(=O)CCCC[C@@H]3SC[C@@H]4NC(=O)N[C@@H]43)cc2)OC(CO)[C@@H](O[C@@H]2OC(CO)[C@H](O)[C@H](O[C@H]3OC(CO)[C@H](O)C(O)[C@@H]3O)C2O)[C@@H]1O. The second-order valence-corrected chi connectivity index (χ2v) is 19.2. The van der Waals surface area contributed by atoms with Crippen LogP contribution < -0.4 is 36.6 Å². The quantitative estimate of drug-likeness (QED) is 0.0320. The van der Waals surface area contributed by atoms with Crippen LogP contribution in [0, 0.1) is 0 Å². The molecule has 18 atom stereocenters. The van der Waals surface area contributed by atoms with Gasteiger partial charge in [-0.2, -0.15) is 11.8 Å². The smallest absolute Gasteiger partial charge is 0.315 e. The number of amides is 6. The zero-order valence-electron chi connectivity index (χ0n) is 39.4. The number of carbonyl (C=O) groups excluding carboxylic acids is 5. The van der Waals surface area contributed by atoms with E-state index in [1.807, 2.05) is 11.8 Å². The Balaban J connectivity index is 0.877. The Hall–Kier alpha value is -4.08. The summed E-state index contributed by atoms with van der Waals surface area (Å²) in [6, 6.07) is 4.94. The van der Waals surface area contributed by atoms with Gasteiger partial charge in [0.15, 0.2) is 25.5 Å². The summed E-state index contributed by atoms with van der Waals surface area (Å²) >= 11 is 1.84. The van der Waals surface area contributed by atoms with E-state index in [9.17, 15) is 69.9 Å². The fourth-order valence-corrected chi connectivity index (χ4v) is 10.4.